The van der Waals surface area contributed by atoms with Gasteiger partial charge >= 0.3 is 0 Å². The lowest BCUT2D eigenvalue weighted by atomic mass is 10.2. The van der Waals surface area contributed by atoms with Crippen molar-refractivity contribution in [3.63, 3.8) is 0 Å². The normalized spacial score (nSPS) is 10.9. The number of nitrogens with zero attached hydrogens (tertiary/aromatic N) is 5. The molecule has 1 aromatic carbocycles. The molecule has 2 heterocycles. The molecule has 0 unspecified atom stereocenters. The number of aromatic nitrogens is 4. The summed E-state index contributed by atoms with van der Waals surface area (Å²) >= 11 is 6.14. The van der Waals surface area contributed by atoms with Crippen LogP contribution in [-0.4, -0.2) is 37.4 Å². The number of aryl methyl sites for hydroxylation is 3. The van der Waals surface area contributed by atoms with Crippen molar-refractivity contribution in [2.45, 2.75) is 40.6 Å². The van der Waals surface area contributed by atoms with Gasteiger partial charge in [-0.2, -0.15) is 10.2 Å². The first-order valence-electron chi connectivity index (χ1n) is 9.08. The number of benzene rings is 1. The van der Waals surface area contributed by atoms with Crippen LogP contribution in [-0.2, 0) is 19.8 Å². The number of hydrogen-bond donors (Lipinski definition) is 0. The highest BCUT2D eigenvalue weighted by atomic mass is 35.5. The molecule has 0 bridgehead atoms. The minimum Gasteiger partial charge on any atom is -0.470 e. The molecule has 7 nitrogen and oxygen atoms in total. The first-order valence-corrected chi connectivity index (χ1v) is 9.46. The third-order valence-electron chi connectivity index (χ3n) is 4.43. The SMILES string of the molecule is CCn1cc(CN(C)C(=O)c2ccn(COc3cc(C)ccc3Cl)n2)c(C)n1. The van der Waals surface area contributed by atoms with E-state index >= 15 is 0 Å². The van der Waals surface area contributed by atoms with Crippen LogP contribution >= 0.6 is 11.6 Å². The van der Waals surface area contributed by atoms with E-state index in [2.05, 4.69) is 10.2 Å². The highest BCUT2D eigenvalue weighted by molar-refractivity contribution is 6.32. The maximum atomic E-state index is 12.7. The van der Waals surface area contributed by atoms with E-state index in [0.717, 1.165) is 23.4 Å². The second-order valence-electron chi connectivity index (χ2n) is 6.70. The monoisotopic (exact) mass is 401 g/mol. The second-order valence-corrected chi connectivity index (χ2v) is 7.11. The van der Waals surface area contributed by atoms with Crippen molar-refractivity contribution in [3.05, 3.63) is 64.2 Å². The summed E-state index contributed by atoms with van der Waals surface area (Å²) in [5.41, 5.74) is 3.37. The highest BCUT2D eigenvalue weighted by Crippen LogP contribution is 2.25. The topological polar surface area (TPSA) is 65.2 Å². The predicted octanol–water partition coefficient (Wildman–Crippen LogP) is 3.68. The Morgan fingerprint density at radius 2 is 2.00 bits per heavy atom. The van der Waals surface area contributed by atoms with Gasteiger partial charge in [0, 0.05) is 38.1 Å². The maximum absolute atomic E-state index is 12.7. The van der Waals surface area contributed by atoms with Crippen LogP contribution in [0.3, 0.4) is 0 Å². The van der Waals surface area contributed by atoms with Gasteiger partial charge in [-0.3, -0.25) is 9.48 Å². The second kappa shape index (κ2) is 8.48. The molecule has 0 aliphatic heterocycles. The molecule has 1 amide bonds. The Bertz CT molecular complexity index is 979. The summed E-state index contributed by atoms with van der Waals surface area (Å²) in [5.74, 6) is 0.432. The first kappa shape index (κ1) is 19.9. The average molecular weight is 402 g/mol. The lowest BCUT2D eigenvalue weighted by Gasteiger charge is -2.15. The van der Waals surface area contributed by atoms with Gasteiger partial charge in [0.05, 0.1) is 10.7 Å². The molecular weight excluding hydrogens is 378 g/mol. The quantitative estimate of drug-likeness (QED) is 0.605. The van der Waals surface area contributed by atoms with Crippen molar-refractivity contribution in [1.82, 2.24) is 24.5 Å². The zero-order chi connectivity index (χ0) is 20.3. The van der Waals surface area contributed by atoms with Gasteiger partial charge < -0.3 is 9.64 Å². The molecule has 2 aromatic heterocycles. The van der Waals surface area contributed by atoms with Crippen molar-refractivity contribution >= 4 is 17.5 Å². The van der Waals surface area contributed by atoms with Crippen LogP contribution in [0.2, 0.25) is 5.02 Å². The molecule has 0 N–H and O–H groups in total. The number of carbonyl (C=O) groups is 1. The molecule has 3 aromatic rings. The number of rotatable bonds is 7. The lowest BCUT2D eigenvalue weighted by Crippen LogP contribution is -2.27. The predicted molar refractivity (Wildman–Crippen MR) is 107 cm³/mol. The maximum Gasteiger partial charge on any atom is 0.274 e. The molecule has 0 aliphatic rings. The van der Waals surface area contributed by atoms with Crippen molar-refractivity contribution in [2.24, 2.45) is 0 Å². The summed E-state index contributed by atoms with van der Waals surface area (Å²) in [7, 11) is 1.76. The molecule has 0 spiro atoms. The molecule has 0 atom stereocenters. The summed E-state index contributed by atoms with van der Waals surface area (Å²) in [6.07, 6.45) is 3.68. The number of amides is 1. The highest BCUT2D eigenvalue weighted by Gasteiger charge is 2.17. The van der Waals surface area contributed by atoms with Gasteiger partial charge in [-0.05, 0) is 44.5 Å². The summed E-state index contributed by atoms with van der Waals surface area (Å²) < 4.78 is 9.15. The van der Waals surface area contributed by atoms with Gasteiger partial charge in [-0.15, -0.1) is 0 Å². The molecule has 0 aliphatic carbocycles. The van der Waals surface area contributed by atoms with E-state index in [4.69, 9.17) is 16.3 Å². The Labute approximate surface area is 169 Å². The standard InChI is InChI=1S/C20H24ClN5O2/c1-5-25-12-16(15(3)22-25)11-24(4)20(27)18-8-9-26(23-18)13-28-19-10-14(2)6-7-17(19)21/h6-10,12H,5,11,13H2,1-4H3. The summed E-state index contributed by atoms with van der Waals surface area (Å²) in [6, 6.07) is 7.26. The summed E-state index contributed by atoms with van der Waals surface area (Å²) in [4.78, 5) is 14.3. The Balaban J connectivity index is 1.62. The van der Waals surface area contributed by atoms with Crippen molar-refractivity contribution in [3.8, 4) is 5.75 Å². The van der Waals surface area contributed by atoms with Crippen LogP contribution in [0.4, 0.5) is 0 Å². The van der Waals surface area contributed by atoms with Crippen LogP contribution in [0.5, 0.6) is 5.75 Å². The minimum absolute atomic E-state index is 0.156. The summed E-state index contributed by atoms with van der Waals surface area (Å²) in [6.45, 7) is 7.39. The Morgan fingerprint density at radius 1 is 1.21 bits per heavy atom. The fourth-order valence-corrected chi connectivity index (χ4v) is 2.98. The summed E-state index contributed by atoms with van der Waals surface area (Å²) in [5, 5.41) is 9.28. The molecule has 148 valence electrons. The Hall–Kier alpha value is -2.80. The number of halogens is 1. The van der Waals surface area contributed by atoms with Crippen LogP contribution in [0.25, 0.3) is 0 Å². The largest absolute Gasteiger partial charge is 0.470 e. The van der Waals surface area contributed by atoms with Crippen LogP contribution in [0, 0.1) is 13.8 Å². The first-order chi connectivity index (χ1) is 13.4. The van der Waals surface area contributed by atoms with Gasteiger partial charge in [-0.1, -0.05) is 17.7 Å². The Morgan fingerprint density at radius 3 is 2.71 bits per heavy atom. The third kappa shape index (κ3) is 4.54. The van der Waals surface area contributed by atoms with E-state index in [1.165, 1.54) is 0 Å². The van der Waals surface area contributed by atoms with Crippen molar-refractivity contribution in [1.29, 1.82) is 0 Å². The van der Waals surface area contributed by atoms with Gasteiger partial charge in [0.1, 0.15) is 5.75 Å². The average Bonchev–Trinajstić information content (AvgIpc) is 3.28. The fraction of sp³-hybridized carbons (Fsp3) is 0.350. The number of ether oxygens (including phenoxy) is 1. The molecule has 28 heavy (non-hydrogen) atoms. The van der Waals surface area contributed by atoms with Gasteiger partial charge in [0.2, 0.25) is 0 Å². The van der Waals surface area contributed by atoms with Crippen LogP contribution in [0.15, 0.2) is 36.7 Å². The smallest absolute Gasteiger partial charge is 0.274 e. The van der Waals surface area contributed by atoms with Gasteiger partial charge in [0.25, 0.3) is 5.91 Å². The minimum atomic E-state index is -0.156. The van der Waals surface area contributed by atoms with Gasteiger partial charge in [-0.25, -0.2) is 4.68 Å². The van der Waals surface area contributed by atoms with E-state index in [1.807, 2.05) is 43.8 Å². The van der Waals surface area contributed by atoms with E-state index < -0.39 is 0 Å². The number of hydrogen-bond acceptors (Lipinski definition) is 4. The van der Waals surface area contributed by atoms with Crippen molar-refractivity contribution < 1.29 is 9.53 Å². The van der Waals surface area contributed by atoms with E-state index in [9.17, 15) is 4.79 Å². The van der Waals surface area contributed by atoms with Gasteiger partial charge in [0.15, 0.2) is 12.4 Å². The zero-order valence-corrected chi connectivity index (χ0v) is 17.3. The molecule has 0 saturated carbocycles. The van der Waals surface area contributed by atoms with E-state index in [-0.39, 0.29) is 12.6 Å². The molecule has 8 heteroatoms. The third-order valence-corrected chi connectivity index (χ3v) is 4.74. The van der Waals surface area contributed by atoms with Crippen LogP contribution < -0.4 is 4.74 Å². The molecule has 0 fully saturated rings. The molecule has 0 saturated heterocycles. The number of carbonyl (C=O) groups excluding carboxylic acids is 1. The molecular formula is C20H24ClN5O2. The lowest BCUT2D eigenvalue weighted by molar-refractivity contribution is 0.0777. The van der Waals surface area contributed by atoms with E-state index in [1.54, 1.807) is 35.0 Å². The zero-order valence-electron chi connectivity index (χ0n) is 16.5. The Kier molecular flexibility index (Phi) is 6.04. The molecule has 0 radical (unpaired) electrons. The van der Waals surface area contributed by atoms with E-state index in [0.29, 0.717) is 23.0 Å². The van der Waals surface area contributed by atoms with Crippen molar-refractivity contribution in [2.75, 3.05) is 7.05 Å². The molecule has 3 rings (SSSR count). The van der Waals surface area contributed by atoms with Crippen LogP contribution in [0.1, 0.15) is 34.2 Å². The fourth-order valence-electron chi connectivity index (χ4n) is 2.80.